The monoisotopic (exact) mass is 236 g/mol. The van der Waals surface area contributed by atoms with Crippen LogP contribution in [-0.2, 0) is 9.53 Å². The fourth-order valence-corrected chi connectivity index (χ4v) is 1.60. The molecule has 1 rings (SSSR count). The van der Waals surface area contributed by atoms with Gasteiger partial charge in [0.1, 0.15) is 0 Å². The highest BCUT2D eigenvalue weighted by Crippen LogP contribution is 2.11. The Labute approximate surface area is 102 Å². The van der Waals surface area contributed by atoms with Crippen molar-refractivity contribution in [2.45, 2.75) is 25.5 Å². The SMILES string of the molecule is COC(CN)CC(=O)N[C@H](C)c1ccccc1. The molecule has 17 heavy (non-hydrogen) atoms. The zero-order chi connectivity index (χ0) is 12.7. The number of rotatable bonds is 6. The third-order valence-corrected chi connectivity index (χ3v) is 2.69. The Balaban J connectivity index is 2.46. The average Bonchev–Trinajstić information content (AvgIpc) is 2.37. The molecule has 0 aliphatic carbocycles. The highest BCUT2D eigenvalue weighted by molar-refractivity contribution is 5.76. The number of hydrogen-bond acceptors (Lipinski definition) is 3. The van der Waals surface area contributed by atoms with E-state index in [0.29, 0.717) is 13.0 Å². The molecule has 4 nitrogen and oxygen atoms in total. The Kier molecular flexibility index (Phi) is 5.66. The number of carbonyl (C=O) groups excluding carboxylic acids is 1. The summed E-state index contributed by atoms with van der Waals surface area (Å²) in [6, 6.07) is 9.83. The van der Waals surface area contributed by atoms with E-state index in [1.807, 2.05) is 37.3 Å². The molecular formula is C13H20N2O2. The fraction of sp³-hybridized carbons (Fsp3) is 0.462. The lowest BCUT2D eigenvalue weighted by molar-refractivity contribution is -0.124. The van der Waals surface area contributed by atoms with Gasteiger partial charge in [-0.15, -0.1) is 0 Å². The highest BCUT2D eigenvalue weighted by atomic mass is 16.5. The first-order valence-corrected chi connectivity index (χ1v) is 5.74. The number of ether oxygens (including phenoxy) is 1. The molecule has 1 unspecified atom stereocenters. The minimum Gasteiger partial charge on any atom is -0.380 e. The second-order valence-corrected chi connectivity index (χ2v) is 4.00. The van der Waals surface area contributed by atoms with Crippen LogP contribution in [0.2, 0.25) is 0 Å². The predicted molar refractivity (Wildman–Crippen MR) is 67.5 cm³/mol. The van der Waals surface area contributed by atoms with Gasteiger partial charge in [-0.05, 0) is 12.5 Å². The number of nitrogens with one attached hydrogen (secondary N) is 1. The van der Waals surface area contributed by atoms with Gasteiger partial charge in [-0.3, -0.25) is 4.79 Å². The van der Waals surface area contributed by atoms with Crippen molar-refractivity contribution in [2.24, 2.45) is 5.73 Å². The minimum atomic E-state index is -0.210. The number of carbonyl (C=O) groups is 1. The summed E-state index contributed by atoms with van der Waals surface area (Å²) in [5.41, 5.74) is 6.55. The molecule has 0 heterocycles. The van der Waals surface area contributed by atoms with E-state index in [1.165, 1.54) is 0 Å². The molecule has 0 spiro atoms. The summed E-state index contributed by atoms with van der Waals surface area (Å²) in [6.45, 7) is 2.31. The molecule has 0 saturated heterocycles. The van der Waals surface area contributed by atoms with Gasteiger partial charge in [-0.1, -0.05) is 30.3 Å². The van der Waals surface area contributed by atoms with E-state index in [0.717, 1.165) is 5.56 Å². The zero-order valence-corrected chi connectivity index (χ0v) is 10.3. The van der Waals surface area contributed by atoms with Crippen LogP contribution in [0.3, 0.4) is 0 Å². The average molecular weight is 236 g/mol. The van der Waals surface area contributed by atoms with E-state index in [4.69, 9.17) is 10.5 Å². The second kappa shape index (κ2) is 7.04. The van der Waals surface area contributed by atoms with Crippen LogP contribution in [0.15, 0.2) is 30.3 Å². The van der Waals surface area contributed by atoms with Gasteiger partial charge < -0.3 is 15.8 Å². The molecule has 1 aromatic carbocycles. The summed E-state index contributed by atoms with van der Waals surface area (Å²) < 4.78 is 5.07. The van der Waals surface area contributed by atoms with Crippen molar-refractivity contribution in [2.75, 3.05) is 13.7 Å². The van der Waals surface area contributed by atoms with Gasteiger partial charge in [-0.25, -0.2) is 0 Å². The number of nitrogens with two attached hydrogens (primary N) is 1. The van der Waals surface area contributed by atoms with Crippen molar-refractivity contribution in [3.8, 4) is 0 Å². The van der Waals surface area contributed by atoms with Crippen molar-refractivity contribution >= 4 is 5.91 Å². The first kappa shape index (κ1) is 13.7. The quantitative estimate of drug-likeness (QED) is 0.780. The van der Waals surface area contributed by atoms with Crippen LogP contribution in [0.1, 0.15) is 24.9 Å². The number of benzene rings is 1. The molecule has 94 valence electrons. The molecule has 0 saturated carbocycles. The highest BCUT2D eigenvalue weighted by Gasteiger charge is 2.14. The summed E-state index contributed by atoms with van der Waals surface area (Å²) in [4.78, 5) is 11.7. The first-order valence-electron chi connectivity index (χ1n) is 5.74. The van der Waals surface area contributed by atoms with E-state index in [9.17, 15) is 4.79 Å². The van der Waals surface area contributed by atoms with Crippen molar-refractivity contribution in [3.63, 3.8) is 0 Å². The third-order valence-electron chi connectivity index (χ3n) is 2.69. The molecule has 0 aliphatic heterocycles. The van der Waals surface area contributed by atoms with Crippen LogP contribution in [0.4, 0.5) is 0 Å². The normalized spacial score (nSPS) is 14.1. The van der Waals surface area contributed by atoms with E-state index < -0.39 is 0 Å². The molecule has 4 heteroatoms. The molecule has 0 fully saturated rings. The van der Waals surface area contributed by atoms with Crippen molar-refractivity contribution in [1.82, 2.24) is 5.32 Å². The van der Waals surface area contributed by atoms with Crippen molar-refractivity contribution < 1.29 is 9.53 Å². The molecule has 0 bridgehead atoms. The summed E-state index contributed by atoms with van der Waals surface area (Å²) in [7, 11) is 1.56. The minimum absolute atomic E-state index is 0.000944. The fourth-order valence-electron chi connectivity index (χ4n) is 1.60. The summed E-state index contributed by atoms with van der Waals surface area (Å²) in [5.74, 6) is -0.0429. The molecule has 1 amide bonds. The molecule has 0 aromatic heterocycles. The van der Waals surface area contributed by atoms with Gasteiger partial charge in [0.05, 0.1) is 18.6 Å². The number of amides is 1. The molecule has 0 aliphatic rings. The number of hydrogen-bond donors (Lipinski definition) is 2. The van der Waals surface area contributed by atoms with Crippen LogP contribution >= 0.6 is 0 Å². The van der Waals surface area contributed by atoms with Gasteiger partial charge in [0.15, 0.2) is 0 Å². The van der Waals surface area contributed by atoms with E-state index in [2.05, 4.69) is 5.32 Å². The van der Waals surface area contributed by atoms with Gasteiger partial charge in [-0.2, -0.15) is 0 Å². The molecule has 3 N–H and O–H groups in total. The smallest absolute Gasteiger partial charge is 0.223 e. The van der Waals surface area contributed by atoms with Gasteiger partial charge in [0, 0.05) is 13.7 Å². The van der Waals surface area contributed by atoms with Crippen molar-refractivity contribution in [3.05, 3.63) is 35.9 Å². The Bertz CT molecular complexity index is 337. The second-order valence-electron chi connectivity index (χ2n) is 4.00. The lowest BCUT2D eigenvalue weighted by Crippen LogP contribution is -2.33. The molecule has 2 atom stereocenters. The summed E-state index contributed by atoms with van der Waals surface area (Å²) in [6.07, 6.45) is 0.0856. The predicted octanol–water partition coefficient (Wildman–Crippen LogP) is 1.23. The topological polar surface area (TPSA) is 64.3 Å². The van der Waals surface area contributed by atoms with Crippen LogP contribution in [-0.4, -0.2) is 25.7 Å². The van der Waals surface area contributed by atoms with Crippen LogP contribution in [0, 0.1) is 0 Å². The molecular weight excluding hydrogens is 216 g/mol. The Hall–Kier alpha value is -1.39. The zero-order valence-electron chi connectivity index (χ0n) is 10.3. The summed E-state index contributed by atoms with van der Waals surface area (Å²) >= 11 is 0. The molecule has 0 radical (unpaired) electrons. The maximum Gasteiger partial charge on any atom is 0.223 e. The Morgan fingerprint density at radius 2 is 2.06 bits per heavy atom. The Morgan fingerprint density at radius 1 is 1.41 bits per heavy atom. The van der Waals surface area contributed by atoms with Crippen LogP contribution < -0.4 is 11.1 Å². The largest absolute Gasteiger partial charge is 0.380 e. The summed E-state index contributed by atoms with van der Waals surface area (Å²) in [5, 5.41) is 2.92. The first-order chi connectivity index (χ1) is 8.17. The van der Waals surface area contributed by atoms with Crippen LogP contribution in [0.5, 0.6) is 0 Å². The van der Waals surface area contributed by atoms with E-state index in [1.54, 1.807) is 7.11 Å². The van der Waals surface area contributed by atoms with E-state index >= 15 is 0 Å². The van der Waals surface area contributed by atoms with Gasteiger partial charge in [0.25, 0.3) is 0 Å². The standard InChI is InChI=1S/C13H20N2O2/c1-10(11-6-4-3-5-7-11)15-13(16)8-12(9-14)17-2/h3-7,10,12H,8-9,14H2,1-2H3,(H,15,16)/t10-,12?/m1/s1. The third kappa shape index (κ3) is 4.54. The van der Waals surface area contributed by atoms with Crippen LogP contribution in [0.25, 0.3) is 0 Å². The maximum atomic E-state index is 11.7. The van der Waals surface area contributed by atoms with Gasteiger partial charge in [0.2, 0.25) is 5.91 Å². The molecule has 1 aromatic rings. The van der Waals surface area contributed by atoms with Gasteiger partial charge >= 0.3 is 0 Å². The number of methoxy groups -OCH3 is 1. The lowest BCUT2D eigenvalue weighted by Gasteiger charge is -2.17. The Morgan fingerprint density at radius 3 is 2.59 bits per heavy atom. The lowest BCUT2D eigenvalue weighted by atomic mass is 10.1. The van der Waals surface area contributed by atoms with Crippen molar-refractivity contribution in [1.29, 1.82) is 0 Å². The maximum absolute atomic E-state index is 11.7. The van der Waals surface area contributed by atoms with E-state index in [-0.39, 0.29) is 18.1 Å².